The molecule has 2 aliphatic rings. The molecule has 0 aromatic carbocycles. The van der Waals surface area contributed by atoms with Crippen LogP contribution in [0.25, 0.3) is 0 Å². The highest BCUT2D eigenvalue weighted by atomic mass is 14.9. The summed E-state index contributed by atoms with van der Waals surface area (Å²) >= 11 is 0. The van der Waals surface area contributed by atoms with E-state index in [1.807, 2.05) is 6.20 Å². The predicted molar refractivity (Wildman–Crippen MR) is 78.3 cm³/mol. The van der Waals surface area contributed by atoms with Gasteiger partial charge in [-0.05, 0) is 31.4 Å². The molecule has 1 radical (unpaired) electrons. The third-order valence-electron chi connectivity index (χ3n) is 4.43. The third kappa shape index (κ3) is 4.19. The van der Waals surface area contributed by atoms with Gasteiger partial charge in [-0.2, -0.15) is 0 Å². The Morgan fingerprint density at radius 3 is 1.78 bits per heavy atom. The molecule has 0 amide bonds. The second-order valence-electron chi connectivity index (χ2n) is 5.97. The molecule has 1 heterocycles. The molecule has 0 aromatic heterocycles. The van der Waals surface area contributed by atoms with E-state index in [1.54, 1.807) is 0 Å². The van der Waals surface area contributed by atoms with Crippen LogP contribution in [-0.2, 0) is 0 Å². The van der Waals surface area contributed by atoms with Gasteiger partial charge < -0.3 is 0 Å². The van der Waals surface area contributed by atoms with E-state index in [-0.39, 0.29) is 0 Å². The standard InChI is InChI=1S/C17H28N/c1-15-13-14-18-17(15)16-11-9-7-5-3-2-4-6-8-10-12-16/h13-14,16H,2-12H2,1H3. The Hall–Kier alpha value is -0.720. The number of hydrogen-bond acceptors (Lipinski definition) is 0. The van der Waals surface area contributed by atoms with Gasteiger partial charge in [-0.3, -0.25) is 5.32 Å². The number of hydrogen-bond donors (Lipinski definition) is 0. The van der Waals surface area contributed by atoms with E-state index < -0.39 is 0 Å². The van der Waals surface area contributed by atoms with Gasteiger partial charge in [-0.1, -0.05) is 57.8 Å². The molecular weight excluding hydrogens is 218 g/mol. The topological polar surface area (TPSA) is 14.1 Å². The van der Waals surface area contributed by atoms with E-state index in [1.165, 1.54) is 81.9 Å². The summed E-state index contributed by atoms with van der Waals surface area (Å²) in [5.74, 6) is 0.736. The lowest BCUT2D eigenvalue weighted by molar-refractivity contribution is 0.425. The molecule has 0 bridgehead atoms. The lowest BCUT2D eigenvalue weighted by atomic mass is 9.89. The molecule has 0 N–H and O–H groups in total. The Morgan fingerprint density at radius 1 is 0.833 bits per heavy atom. The first-order valence-electron chi connectivity index (χ1n) is 7.96. The monoisotopic (exact) mass is 246 g/mol. The minimum absolute atomic E-state index is 0.736. The molecule has 1 saturated carbocycles. The van der Waals surface area contributed by atoms with Gasteiger partial charge in [-0.25, -0.2) is 0 Å². The average molecular weight is 246 g/mol. The summed E-state index contributed by atoms with van der Waals surface area (Å²) in [6.07, 6.45) is 19.8. The fourth-order valence-corrected chi connectivity index (χ4v) is 3.28. The molecule has 0 aromatic rings. The normalized spacial score (nSPS) is 24.5. The fourth-order valence-electron chi connectivity index (χ4n) is 3.28. The van der Waals surface area contributed by atoms with Gasteiger partial charge in [-0.15, -0.1) is 0 Å². The first kappa shape index (κ1) is 13.7. The Bertz CT molecular complexity index is 289. The molecule has 0 unspecified atom stereocenters. The zero-order valence-corrected chi connectivity index (χ0v) is 12.0. The van der Waals surface area contributed by atoms with Crippen LogP contribution in [0.1, 0.15) is 77.6 Å². The third-order valence-corrected chi connectivity index (χ3v) is 4.43. The molecule has 1 fully saturated rings. The minimum Gasteiger partial charge on any atom is -0.261 e. The van der Waals surface area contributed by atoms with Gasteiger partial charge in [0.25, 0.3) is 0 Å². The lowest BCUT2D eigenvalue weighted by Gasteiger charge is -2.19. The highest BCUT2D eigenvalue weighted by Crippen LogP contribution is 2.29. The van der Waals surface area contributed by atoms with Crippen molar-refractivity contribution in [3.63, 3.8) is 0 Å². The molecule has 1 heteroatoms. The van der Waals surface area contributed by atoms with E-state index in [2.05, 4.69) is 18.3 Å². The van der Waals surface area contributed by atoms with Gasteiger partial charge in [0.15, 0.2) is 0 Å². The van der Waals surface area contributed by atoms with Crippen LogP contribution < -0.4 is 5.32 Å². The van der Waals surface area contributed by atoms with E-state index in [0.29, 0.717) is 0 Å². The molecule has 1 aliphatic carbocycles. The zero-order valence-electron chi connectivity index (χ0n) is 12.0. The second kappa shape index (κ2) is 7.66. The second-order valence-corrected chi connectivity index (χ2v) is 5.97. The summed E-state index contributed by atoms with van der Waals surface area (Å²) in [4.78, 5) is 0. The average Bonchev–Trinajstić information content (AvgIpc) is 2.76. The number of rotatable bonds is 1. The molecule has 0 spiro atoms. The van der Waals surface area contributed by atoms with Crippen LogP contribution in [0, 0.1) is 5.92 Å². The lowest BCUT2D eigenvalue weighted by Crippen LogP contribution is -2.11. The van der Waals surface area contributed by atoms with Crippen molar-refractivity contribution in [1.29, 1.82) is 0 Å². The van der Waals surface area contributed by atoms with Crippen molar-refractivity contribution in [3.8, 4) is 0 Å². The summed E-state index contributed by atoms with van der Waals surface area (Å²) in [5, 5.41) is 4.61. The van der Waals surface area contributed by atoms with Crippen molar-refractivity contribution in [2.75, 3.05) is 0 Å². The minimum atomic E-state index is 0.736. The van der Waals surface area contributed by atoms with Crippen LogP contribution in [0.4, 0.5) is 0 Å². The quantitative estimate of drug-likeness (QED) is 0.595. The van der Waals surface area contributed by atoms with Crippen molar-refractivity contribution < 1.29 is 0 Å². The summed E-state index contributed by atoms with van der Waals surface area (Å²) in [5.41, 5.74) is 2.80. The summed E-state index contributed by atoms with van der Waals surface area (Å²) < 4.78 is 0. The highest BCUT2D eigenvalue weighted by Gasteiger charge is 2.18. The maximum absolute atomic E-state index is 4.61. The molecule has 18 heavy (non-hydrogen) atoms. The maximum Gasteiger partial charge on any atom is 0.0464 e. The SMILES string of the molecule is CC1=C(C2CCCCCCCCCCC2)[N]C=C1. The first-order chi connectivity index (χ1) is 8.88. The van der Waals surface area contributed by atoms with Crippen molar-refractivity contribution >= 4 is 0 Å². The molecule has 1 aliphatic heterocycles. The van der Waals surface area contributed by atoms with Crippen LogP contribution >= 0.6 is 0 Å². The van der Waals surface area contributed by atoms with Crippen LogP contribution in [0.2, 0.25) is 0 Å². The van der Waals surface area contributed by atoms with Gasteiger partial charge in [0, 0.05) is 17.8 Å². The van der Waals surface area contributed by atoms with Crippen molar-refractivity contribution in [1.82, 2.24) is 5.32 Å². The van der Waals surface area contributed by atoms with Crippen LogP contribution in [0.3, 0.4) is 0 Å². The van der Waals surface area contributed by atoms with Crippen molar-refractivity contribution in [2.24, 2.45) is 5.92 Å². The van der Waals surface area contributed by atoms with Crippen LogP contribution in [0.5, 0.6) is 0 Å². The van der Waals surface area contributed by atoms with Crippen LogP contribution in [-0.4, -0.2) is 0 Å². The summed E-state index contributed by atoms with van der Waals surface area (Å²) in [7, 11) is 0. The Balaban J connectivity index is 1.87. The van der Waals surface area contributed by atoms with E-state index in [0.717, 1.165) is 5.92 Å². The van der Waals surface area contributed by atoms with Gasteiger partial charge in [0.05, 0.1) is 0 Å². The van der Waals surface area contributed by atoms with Crippen molar-refractivity contribution in [3.05, 3.63) is 23.5 Å². The smallest absolute Gasteiger partial charge is 0.0464 e. The van der Waals surface area contributed by atoms with E-state index in [4.69, 9.17) is 0 Å². The van der Waals surface area contributed by atoms with Gasteiger partial charge in [0.1, 0.15) is 0 Å². The number of nitrogens with zero attached hydrogens (tertiary/aromatic N) is 1. The van der Waals surface area contributed by atoms with Crippen LogP contribution in [0.15, 0.2) is 23.5 Å². The summed E-state index contributed by atoms with van der Waals surface area (Å²) in [6, 6.07) is 0. The Kier molecular flexibility index (Phi) is 5.83. The summed E-state index contributed by atoms with van der Waals surface area (Å²) in [6.45, 7) is 2.22. The maximum atomic E-state index is 4.61. The molecular formula is C17H28N. The highest BCUT2D eigenvalue weighted by molar-refractivity contribution is 5.30. The Labute approximate surface area is 113 Å². The molecule has 0 atom stereocenters. The molecule has 101 valence electrons. The van der Waals surface area contributed by atoms with E-state index in [9.17, 15) is 0 Å². The van der Waals surface area contributed by atoms with Gasteiger partial charge >= 0.3 is 0 Å². The predicted octanol–water partition coefficient (Wildman–Crippen LogP) is 5.31. The first-order valence-corrected chi connectivity index (χ1v) is 7.96. The van der Waals surface area contributed by atoms with E-state index >= 15 is 0 Å². The van der Waals surface area contributed by atoms with Crippen molar-refractivity contribution in [2.45, 2.75) is 77.6 Å². The van der Waals surface area contributed by atoms with Gasteiger partial charge in [0.2, 0.25) is 0 Å². The fraction of sp³-hybridized carbons (Fsp3) is 0.765. The largest absolute Gasteiger partial charge is 0.261 e. The molecule has 1 nitrogen and oxygen atoms in total. The number of allylic oxidation sites excluding steroid dienone is 3. The zero-order chi connectivity index (χ0) is 12.6. The molecule has 2 rings (SSSR count). The Morgan fingerprint density at radius 2 is 1.33 bits per heavy atom. The molecule has 0 saturated heterocycles.